The Morgan fingerprint density at radius 3 is 2.41 bits per heavy atom. The lowest BCUT2D eigenvalue weighted by Gasteiger charge is -2.19. The smallest absolute Gasteiger partial charge is 0.387 e. The number of aromatic nitrogens is 1. The summed E-state index contributed by atoms with van der Waals surface area (Å²) in [6.45, 7) is -2.96. The highest BCUT2D eigenvalue weighted by atomic mass is 35.5. The van der Waals surface area contributed by atoms with E-state index in [0.717, 1.165) is 25.7 Å². The molecule has 1 aromatic carbocycles. The quantitative estimate of drug-likeness (QED) is 0.637. The van der Waals surface area contributed by atoms with Gasteiger partial charge in [0.05, 0.1) is 22.3 Å². The molecule has 1 fully saturated rings. The van der Waals surface area contributed by atoms with Gasteiger partial charge in [-0.05, 0) is 48.9 Å². The summed E-state index contributed by atoms with van der Waals surface area (Å²) in [5.41, 5.74) is 1.06. The van der Waals surface area contributed by atoms with Gasteiger partial charge in [-0.15, -0.1) is 0 Å². The summed E-state index contributed by atoms with van der Waals surface area (Å²) < 4.78 is 35.8. The van der Waals surface area contributed by atoms with Crippen LogP contribution in [0.3, 0.4) is 0 Å². The van der Waals surface area contributed by atoms with Gasteiger partial charge in [0.15, 0.2) is 11.5 Å². The Balaban J connectivity index is 1.83. The first-order chi connectivity index (χ1) is 12.9. The third-order valence-corrected chi connectivity index (χ3v) is 5.17. The Morgan fingerprint density at radius 1 is 1.11 bits per heavy atom. The molecule has 1 aliphatic carbocycles. The molecule has 1 heterocycles. The van der Waals surface area contributed by atoms with Crippen LogP contribution in [0.4, 0.5) is 8.78 Å². The topological polar surface area (TPSA) is 51.6 Å². The van der Waals surface area contributed by atoms with Crippen molar-refractivity contribution < 1.29 is 23.4 Å². The first-order valence-electron chi connectivity index (χ1n) is 8.65. The van der Waals surface area contributed by atoms with Crippen molar-refractivity contribution in [1.29, 1.82) is 0 Å². The maximum Gasteiger partial charge on any atom is 0.387 e. The summed E-state index contributed by atoms with van der Waals surface area (Å²) in [5.74, 6) is 0.151. The average molecular weight is 418 g/mol. The van der Waals surface area contributed by atoms with E-state index in [1.165, 1.54) is 30.6 Å². The fraction of sp³-hybridized carbons (Fsp3) is 0.421. The molecule has 0 aliphatic heterocycles. The number of hydrogen-bond donors (Lipinski definition) is 1. The van der Waals surface area contributed by atoms with Crippen LogP contribution in [0, 0.1) is 0 Å². The fourth-order valence-corrected chi connectivity index (χ4v) is 3.67. The summed E-state index contributed by atoms with van der Waals surface area (Å²) in [5, 5.41) is 11.3. The molecular weight excluding hydrogens is 399 g/mol. The second-order valence-electron chi connectivity index (χ2n) is 6.41. The van der Waals surface area contributed by atoms with Crippen molar-refractivity contribution in [1.82, 2.24) is 4.98 Å². The van der Waals surface area contributed by atoms with Crippen LogP contribution < -0.4 is 9.47 Å². The molecule has 27 heavy (non-hydrogen) atoms. The molecule has 8 heteroatoms. The third kappa shape index (κ3) is 5.21. The van der Waals surface area contributed by atoms with E-state index in [2.05, 4.69) is 9.72 Å². The Hall–Kier alpha value is -1.63. The molecule has 0 radical (unpaired) electrons. The maximum atomic E-state index is 12.7. The molecule has 4 nitrogen and oxygen atoms in total. The fourth-order valence-electron chi connectivity index (χ4n) is 3.15. The highest BCUT2D eigenvalue weighted by Crippen LogP contribution is 2.36. The molecule has 0 bridgehead atoms. The van der Waals surface area contributed by atoms with Crippen LogP contribution in [0.15, 0.2) is 30.6 Å². The Kier molecular flexibility index (Phi) is 6.73. The van der Waals surface area contributed by atoms with Crippen LogP contribution in [0.1, 0.15) is 42.9 Å². The first-order valence-corrected chi connectivity index (χ1v) is 9.41. The van der Waals surface area contributed by atoms with E-state index in [0.29, 0.717) is 21.2 Å². The van der Waals surface area contributed by atoms with E-state index in [-0.39, 0.29) is 24.0 Å². The maximum absolute atomic E-state index is 12.7. The van der Waals surface area contributed by atoms with Gasteiger partial charge in [-0.25, -0.2) is 0 Å². The van der Waals surface area contributed by atoms with Gasteiger partial charge in [0.2, 0.25) is 0 Å². The molecule has 0 saturated heterocycles. The molecule has 1 unspecified atom stereocenters. The van der Waals surface area contributed by atoms with Crippen molar-refractivity contribution in [3.63, 3.8) is 0 Å². The van der Waals surface area contributed by atoms with Crippen molar-refractivity contribution >= 4 is 23.2 Å². The Labute approximate surface area is 166 Å². The number of benzene rings is 1. The standard InChI is InChI=1S/C19H19Cl2F2NO3/c20-14-9-24-10-15(21)13(14)8-16(25)11-5-6-17(27-19(22)23)18(7-11)26-12-3-1-2-4-12/h5-7,9-10,12,16,19,25H,1-4,8H2. The number of aliphatic hydroxyl groups excluding tert-OH is 1. The lowest BCUT2D eigenvalue weighted by molar-refractivity contribution is -0.0520. The van der Waals surface area contributed by atoms with Gasteiger partial charge in [0.25, 0.3) is 0 Å². The minimum absolute atomic E-state index is 0.0403. The zero-order chi connectivity index (χ0) is 19.4. The first kappa shape index (κ1) is 20.1. The van der Waals surface area contributed by atoms with Gasteiger partial charge in [-0.2, -0.15) is 8.78 Å². The third-order valence-electron chi connectivity index (χ3n) is 4.51. The minimum atomic E-state index is -2.96. The number of rotatable bonds is 7. The normalized spacial score (nSPS) is 15.9. The summed E-state index contributed by atoms with van der Waals surface area (Å²) in [4.78, 5) is 3.88. The van der Waals surface area contributed by atoms with Crippen molar-refractivity contribution in [2.45, 2.75) is 50.9 Å². The van der Waals surface area contributed by atoms with Crippen LogP contribution in [0.5, 0.6) is 11.5 Å². The Morgan fingerprint density at radius 2 is 1.78 bits per heavy atom. The molecule has 1 aromatic heterocycles. The molecule has 2 aromatic rings. The minimum Gasteiger partial charge on any atom is -0.487 e. The molecule has 1 aliphatic rings. The highest BCUT2D eigenvalue weighted by Gasteiger charge is 2.22. The van der Waals surface area contributed by atoms with E-state index in [1.54, 1.807) is 0 Å². The van der Waals surface area contributed by atoms with Gasteiger partial charge in [-0.1, -0.05) is 29.3 Å². The summed E-state index contributed by atoms with van der Waals surface area (Å²) >= 11 is 12.2. The molecular formula is C19H19Cl2F2NO3. The molecule has 1 saturated carbocycles. The predicted molar refractivity (Wildman–Crippen MR) is 98.9 cm³/mol. The molecule has 3 rings (SSSR count). The van der Waals surface area contributed by atoms with Crippen LogP contribution in [-0.4, -0.2) is 22.8 Å². The van der Waals surface area contributed by atoms with Crippen LogP contribution in [0.25, 0.3) is 0 Å². The molecule has 0 spiro atoms. The SMILES string of the molecule is OC(Cc1c(Cl)cncc1Cl)c1ccc(OC(F)F)c(OC2CCCC2)c1. The summed E-state index contributed by atoms with van der Waals surface area (Å²) in [6, 6.07) is 4.43. The van der Waals surface area contributed by atoms with Gasteiger partial charge in [0, 0.05) is 18.8 Å². The number of nitrogens with zero attached hydrogens (tertiary/aromatic N) is 1. The number of alkyl halides is 2. The van der Waals surface area contributed by atoms with Gasteiger partial charge in [0.1, 0.15) is 0 Å². The average Bonchev–Trinajstić information content (AvgIpc) is 3.12. The number of ether oxygens (including phenoxy) is 2. The second-order valence-corrected chi connectivity index (χ2v) is 7.23. The van der Waals surface area contributed by atoms with Crippen LogP contribution >= 0.6 is 23.2 Å². The largest absolute Gasteiger partial charge is 0.487 e. The van der Waals surface area contributed by atoms with Crippen molar-refractivity contribution in [2.24, 2.45) is 0 Å². The van der Waals surface area contributed by atoms with Crippen molar-refractivity contribution in [3.8, 4) is 11.5 Å². The van der Waals surface area contributed by atoms with Gasteiger partial charge < -0.3 is 14.6 Å². The highest BCUT2D eigenvalue weighted by molar-refractivity contribution is 6.35. The zero-order valence-corrected chi connectivity index (χ0v) is 15.9. The van der Waals surface area contributed by atoms with E-state index in [4.69, 9.17) is 27.9 Å². The van der Waals surface area contributed by atoms with Crippen molar-refractivity contribution in [2.75, 3.05) is 0 Å². The van der Waals surface area contributed by atoms with Gasteiger partial charge in [-0.3, -0.25) is 4.98 Å². The van der Waals surface area contributed by atoms with Crippen molar-refractivity contribution in [3.05, 3.63) is 51.8 Å². The molecule has 146 valence electrons. The number of pyridine rings is 1. The van der Waals surface area contributed by atoms with Gasteiger partial charge >= 0.3 is 6.61 Å². The van der Waals surface area contributed by atoms with Crippen LogP contribution in [-0.2, 0) is 6.42 Å². The van der Waals surface area contributed by atoms with E-state index >= 15 is 0 Å². The lowest BCUT2D eigenvalue weighted by atomic mass is 10.0. The van der Waals surface area contributed by atoms with Crippen LogP contribution in [0.2, 0.25) is 10.0 Å². The molecule has 0 amide bonds. The predicted octanol–water partition coefficient (Wildman–Crippen LogP) is 5.59. The number of aliphatic hydroxyl groups is 1. The molecule has 1 atom stereocenters. The van der Waals surface area contributed by atoms with E-state index in [1.807, 2.05) is 0 Å². The Bertz CT molecular complexity index is 765. The summed E-state index contributed by atoms with van der Waals surface area (Å²) in [7, 11) is 0. The zero-order valence-electron chi connectivity index (χ0n) is 14.4. The second kappa shape index (κ2) is 9.04. The monoisotopic (exact) mass is 417 g/mol. The van der Waals surface area contributed by atoms with E-state index in [9.17, 15) is 13.9 Å². The molecule has 1 N–H and O–H groups in total. The lowest BCUT2D eigenvalue weighted by Crippen LogP contribution is -2.13. The number of hydrogen-bond acceptors (Lipinski definition) is 4. The van der Waals surface area contributed by atoms with E-state index < -0.39 is 12.7 Å². The number of halogens is 4. The summed E-state index contributed by atoms with van der Waals surface area (Å²) in [6.07, 6.45) is 5.86.